The van der Waals surface area contributed by atoms with E-state index in [1.165, 1.54) is 5.56 Å². The highest BCUT2D eigenvalue weighted by Crippen LogP contribution is 2.24. The van der Waals surface area contributed by atoms with Crippen LogP contribution >= 0.6 is 0 Å². The molecule has 0 amide bonds. The topological polar surface area (TPSA) is 104 Å². The van der Waals surface area contributed by atoms with Crippen LogP contribution in [0.15, 0.2) is 29.3 Å². The van der Waals surface area contributed by atoms with E-state index in [1.54, 1.807) is 7.11 Å². The van der Waals surface area contributed by atoms with Gasteiger partial charge in [-0.25, -0.2) is 13.1 Å². The molecule has 3 N–H and O–H groups in total. The molecule has 1 atom stereocenters. The molecular formula is C20H35N5O4S. The third-order valence-corrected chi connectivity index (χ3v) is 5.49. The van der Waals surface area contributed by atoms with Crippen LogP contribution in [0.2, 0.25) is 0 Å². The minimum absolute atomic E-state index is 0.141. The number of guanidine groups is 1. The molecule has 0 radical (unpaired) electrons. The summed E-state index contributed by atoms with van der Waals surface area (Å²) in [6, 6.07) is 8.27. The second-order valence-electron chi connectivity index (χ2n) is 7.10. The Hall–Kier alpha value is -1.88. The van der Waals surface area contributed by atoms with Gasteiger partial charge in [0.15, 0.2) is 5.96 Å². The van der Waals surface area contributed by atoms with Gasteiger partial charge >= 0.3 is 0 Å². The molecule has 1 unspecified atom stereocenters. The first kappa shape index (κ1) is 24.4. The van der Waals surface area contributed by atoms with Gasteiger partial charge in [0.2, 0.25) is 10.0 Å². The van der Waals surface area contributed by atoms with E-state index in [9.17, 15) is 8.42 Å². The van der Waals surface area contributed by atoms with Crippen molar-refractivity contribution < 1.29 is 17.9 Å². The first-order valence-electron chi connectivity index (χ1n) is 10.4. The highest BCUT2D eigenvalue weighted by Gasteiger charge is 2.22. The quantitative estimate of drug-likeness (QED) is 0.262. The highest BCUT2D eigenvalue weighted by molar-refractivity contribution is 7.88. The molecule has 1 aliphatic heterocycles. The van der Waals surface area contributed by atoms with Crippen LogP contribution in [-0.2, 0) is 14.8 Å². The van der Waals surface area contributed by atoms with Crippen LogP contribution in [0.3, 0.4) is 0 Å². The molecule has 0 aliphatic carbocycles. The number of hydrogen-bond acceptors (Lipinski definition) is 6. The third-order valence-electron chi connectivity index (χ3n) is 4.76. The van der Waals surface area contributed by atoms with Crippen molar-refractivity contribution in [3.8, 4) is 5.75 Å². The number of ether oxygens (including phenoxy) is 2. The lowest BCUT2D eigenvalue weighted by atomic mass is 10.0. The third kappa shape index (κ3) is 8.86. The van der Waals surface area contributed by atoms with Crippen molar-refractivity contribution >= 4 is 16.0 Å². The van der Waals surface area contributed by atoms with Crippen molar-refractivity contribution in [1.29, 1.82) is 0 Å². The Morgan fingerprint density at radius 2 is 1.90 bits per heavy atom. The molecule has 1 saturated heterocycles. The summed E-state index contributed by atoms with van der Waals surface area (Å²) in [5.74, 6) is 1.56. The molecule has 0 saturated carbocycles. The molecule has 1 heterocycles. The van der Waals surface area contributed by atoms with Gasteiger partial charge in [0, 0.05) is 32.7 Å². The summed E-state index contributed by atoms with van der Waals surface area (Å²) >= 11 is 0. The van der Waals surface area contributed by atoms with E-state index in [-0.39, 0.29) is 6.04 Å². The zero-order valence-electron chi connectivity index (χ0n) is 18.2. The smallest absolute Gasteiger partial charge is 0.208 e. The van der Waals surface area contributed by atoms with Crippen LogP contribution in [0.1, 0.15) is 24.9 Å². The fourth-order valence-corrected chi connectivity index (χ4v) is 3.73. The van der Waals surface area contributed by atoms with Crippen molar-refractivity contribution in [1.82, 2.24) is 20.3 Å². The van der Waals surface area contributed by atoms with E-state index >= 15 is 0 Å². The van der Waals surface area contributed by atoms with Gasteiger partial charge in [0.1, 0.15) is 5.75 Å². The van der Waals surface area contributed by atoms with Crippen LogP contribution in [0.4, 0.5) is 0 Å². The van der Waals surface area contributed by atoms with Crippen molar-refractivity contribution in [2.24, 2.45) is 4.99 Å². The number of nitrogens with zero attached hydrogens (tertiary/aromatic N) is 2. The van der Waals surface area contributed by atoms with Gasteiger partial charge in [-0.1, -0.05) is 12.1 Å². The van der Waals surface area contributed by atoms with Crippen LogP contribution in [-0.4, -0.2) is 85.1 Å². The SMILES string of the molecule is CCNC(=NCC(c1ccc(OC)cc1)N1CCOCC1)NCCCNS(C)(=O)=O. The Labute approximate surface area is 180 Å². The number of rotatable bonds is 11. The Morgan fingerprint density at radius 1 is 1.20 bits per heavy atom. The zero-order valence-corrected chi connectivity index (χ0v) is 19.0. The number of nitrogens with one attached hydrogen (secondary N) is 3. The lowest BCUT2D eigenvalue weighted by molar-refractivity contribution is 0.0179. The summed E-state index contributed by atoms with van der Waals surface area (Å²) in [4.78, 5) is 7.19. The summed E-state index contributed by atoms with van der Waals surface area (Å²) in [5, 5.41) is 6.53. The number of benzene rings is 1. The maximum Gasteiger partial charge on any atom is 0.208 e. The Morgan fingerprint density at radius 3 is 2.50 bits per heavy atom. The summed E-state index contributed by atoms with van der Waals surface area (Å²) in [6.45, 7) is 7.57. The van der Waals surface area contributed by atoms with E-state index in [2.05, 4.69) is 32.4 Å². The molecule has 10 heteroatoms. The van der Waals surface area contributed by atoms with E-state index in [1.807, 2.05) is 19.1 Å². The maximum absolute atomic E-state index is 11.1. The predicted molar refractivity (Wildman–Crippen MR) is 120 cm³/mol. The molecule has 1 aromatic rings. The Kier molecular flexibility index (Phi) is 10.4. The van der Waals surface area contributed by atoms with Gasteiger partial charge in [-0.2, -0.15) is 0 Å². The van der Waals surface area contributed by atoms with Gasteiger partial charge in [-0.3, -0.25) is 9.89 Å². The van der Waals surface area contributed by atoms with Gasteiger partial charge in [-0.15, -0.1) is 0 Å². The molecule has 0 spiro atoms. The average Bonchev–Trinajstić information content (AvgIpc) is 2.74. The Bertz CT molecular complexity index is 749. The molecule has 1 aliphatic rings. The van der Waals surface area contributed by atoms with Gasteiger partial charge in [0.05, 0.1) is 39.2 Å². The molecule has 1 aromatic carbocycles. The largest absolute Gasteiger partial charge is 0.497 e. The maximum atomic E-state index is 11.1. The summed E-state index contributed by atoms with van der Waals surface area (Å²) in [7, 11) is -1.49. The summed E-state index contributed by atoms with van der Waals surface area (Å²) < 4.78 is 35.6. The predicted octanol–water partition coefficient (Wildman–Crippen LogP) is 0.563. The summed E-state index contributed by atoms with van der Waals surface area (Å²) in [6.07, 6.45) is 1.83. The zero-order chi connectivity index (χ0) is 21.8. The number of methoxy groups -OCH3 is 1. The van der Waals surface area contributed by atoms with Crippen LogP contribution in [0.25, 0.3) is 0 Å². The Balaban J connectivity index is 2.01. The van der Waals surface area contributed by atoms with Crippen LogP contribution < -0.4 is 20.1 Å². The second-order valence-corrected chi connectivity index (χ2v) is 8.94. The van der Waals surface area contributed by atoms with E-state index in [0.717, 1.165) is 50.8 Å². The number of morpholine rings is 1. The van der Waals surface area contributed by atoms with Crippen molar-refractivity contribution in [3.05, 3.63) is 29.8 Å². The molecule has 9 nitrogen and oxygen atoms in total. The number of sulfonamides is 1. The lowest BCUT2D eigenvalue weighted by Crippen LogP contribution is -2.42. The molecule has 170 valence electrons. The molecule has 0 aromatic heterocycles. The van der Waals surface area contributed by atoms with E-state index in [0.29, 0.717) is 26.1 Å². The van der Waals surface area contributed by atoms with Crippen molar-refractivity contribution in [2.45, 2.75) is 19.4 Å². The molecule has 0 bridgehead atoms. The second kappa shape index (κ2) is 12.7. The fraction of sp³-hybridized carbons (Fsp3) is 0.650. The van der Waals surface area contributed by atoms with Gasteiger partial charge < -0.3 is 20.1 Å². The molecular weight excluding hydrogens is 406 g/mol. The van der Waals surface area contributed by atoms with Crippen molar-refractivity contribution in [2.75, 3.05) is 65.8 Å². The standard InChI is InChI=1S/C20H35N5O4S/c1-4-21-20(22-10-5-11-24-30(3,26)27)23-16-19(25-12-14-29-15-13-25)17-6-8-18(28-2)9-7-17/h6-9,19,24H,4-5,10-16H2,1-3H3,(H2,21,22,23). The first-order chi connectivity index (χ1) is 14.4. The minimum atomic E-state index is -3.15. The van der Waals surface area contributed by atoms with Gasteiger partial charge in [-0.05, 0) is 31.0 Å². The normalized spacial score (nSPS) is 16.8. The highest BCUT2D eigenvalue weighted by atomic mass is 32.2. The van der Waals surface area contributed by atoms with Crippen molar-refractivity contribution in [3.63, 3.8) is 0 Å². The van der Waals surface area contributed by atoms with Crippen LogP contribution in [0, 0.1) is 0 Å². The lowest BCUT2D eigenvalue weighted by Gasteiger charge is -2.34. The van der Waals surface area contributed by atoms with Gasteiger partial charge in [0.25, 0.3) is 0 Å². The van der Waals surface area contributed by atoms with Crippen LogP contribution in [0.5, 0.6) is 5.75 Å². The molecule has 2 rings (SSSR count). The van der Waals surface area contributed by atoms with E-state index in [4.69, 9.17) is 14.5 Å². The monoisotopic (exact) mass is 441 g/mol. The number of aliphatic imine (C=N–C) groups is 1. The minimum Gasteiger partial charge on any atom is -0.497 e. The summed E-state index contributed by atoms with van der Waals surface area (Å²) in [5.41, 5.74) is 1.19. The van der Waals surface area contributed by atoms with E-state index < -0.39 is 10.0 Å². The fourth-order valence-electron chi connectivity index (χ4n) is 3.22. The molecule has 1 fully saturated rings. The first-order valence-corrected chi connectivity index (χ1v) is 12.2. The molecule has 30 heavy (non-hydrogen) atoms. The number of hydrogen-bond donors (Lipinski definition) is 3. The average molecular weight is 442 g/mol.